The van der Waals surface area contributed by atoms with Crippen LogP contribution in [0.25, 0.3) is 0 Å². The van der Waals surface area contributed by atoms with Gasteiger partial charge < -0.3 is 15.8 Å². The van der Waals surface area contributed by atoms with E-state index in [0.717, 1.165) is 22.9 Å². The van der Waals surface area contributed by atoms with Gasteiger partial charge in [0.05, 0.1) is 17.2 Å². The Bertz CT molecular complexity index is 593. The van der Waals surface area contributed by atoms with Crippen LogP contribution in [-0.4, -0.2) is 17.5 Å². The minimum atomic E-state index is -0.483. The van der Waals surface area contributed by atoms with E-state index in [2.05, 4.69) is 10.3 Å². The molecular formula is C14H17N3O2S. The Balaban J connectivity index is 1.90. The molecule has 6 heteroatoms. The monoisotopic (exact) mass is 291 g/mol. The third-order valence-electron chi connectivity index (χ3n) is 2.69. The summed E-state index contributed by atoms with van der Waals surface area (Å²) in [7, 11) is 0. The Morgan fingerprint density at radius 2 is 2.05 bits per heavy atom. The van der Waals surface area contributed by atoms with E-state index in [4.69, 9.17) is 10.5 Å². The number of nitrogens with two attached hydrogens (primary N) is 1. The number of carbonyl (C=O) groups excluding carboxylic acids is 1. The van der Waals surface area contributed by atoms with Crippen LogP contribution in [0.15, 0.2) is 24.3 Å². The normalized spacial score (nSPS) is 10.3. The molecule has 1 heterocycles. The van der Waals surface area contributed by atoms with Crippen LogP contribution in [0.1, 0.15) is 15.6 Å². The molecule has 0 atom stereocenters. The zero-order valence-corrected chi connectivity index (χ0v) is 12.3. The maximum Gasteiger partial charge on any atom is 0.255 e. The number of benzene rings is 1. The first-order chi connectivity index (χ1) is 9.54. The predicted molar refractivity (Wildman–Crippen MR) is 80.0 cm³/mol. The summed E-state index contributed by atoms with van der Waals surface area (Å²) in [6, 6.07) is 7.41. The van der Waals surface area contributed by atoms with Crippen molar-refractivity contribution in [2.75, 3.05) is 11.9 Å². The van der Waals surface area contributed by atoms with E-state index in [-0.39, 0.29) is 6.61 Å². The first-order valence-electron chi connectivity index (χ1n) is 6.22. The van der Waals surface area contributed by atoms with Crippen LogP contribution in [0.2, 0.25) is 0 Å². The van der Waals surface area contributed by atoms with Gasteiger partial charge in [-0.15, -0.1) is 11.3 Å². The van der Waals surface area contributed by atoms with Gasteiger partial charge >= 0.3 is 0 Å². The summed E-state index contributed by atoms with van der Waals surface area (Å²) < 4.78 is 5.20. The second-order valence-corrected chi connectivity index (χ2v) is 5.66. The smallest absolute Gasteiger partial charge is 0.255 e. The highest BCUT2D eigenvalue weighted by Gasteiger charge is 2.04. The highest BCUT2D eigenvalue weighted by atomic mass is 32.1. The lowest BCUT2D eigenvalue weighted by molar-refractivity contribution is -0.119. The molecule has 3 N–H and O–H groups in total. The number of ether oxygens (including phenoxy) is 1. The van der Waals surface area contributed by atoms with Gasteiger partial charge in [-0.1, -0.05) is 0 Å². The molecule has 0 spiro atoms. The Hall–Kier alpha value is -2.08. The number of nitrogens with one attached hydrogen (secondary N) is 1. The SMILES string of the molecule is Cc1nc(C)c(CNc2ccc(OCC(N)=O)cc2)s1. The lowest BCUT2D eigenvalue weighted by atomic mass is 10.3. The molecule has 106 valence electrons. The summed E-state index contributed by atoms with van der Waals surface area (Å²) >= 11 is 1.70. The first kappa shape index (κ1) is 14.3. The predicted octanol–water partition coefficient (Wildman–Crippen LogP) is 2.24. The van der Waals surface area contributed by atoms with Gasteiger partial charge in [-0.25, -0.2) is 4.98 Å². The number of thiazole rings is 1. The highest BCUT2D eigenvalue weighted by Crippen LogP contribution is 2.20. The minimum absolute atomic E-state index is 0.105. The Morgan fingerprint density at radius 1 is 1.35 bits per heavy atom. The zero-order chi connectivity index (χ0) is 14.5. The zero-order valence-electron chi connectivity index (χ0n) is 11.5. The van der Waals surface area contributed by atoms with Crippen LogP contribution in [-0.2, 0) is 11.3 Å². The summed E-state index contributed by atoms with van der Waals surface area (Å²) in [5.41, 5.74) is 7.08. The van der Waals surface area contributed by atoms with E-state index in [1.54, 1.807) is 23.5 Å². The van der Waals surface area contributed by atoms with Crippen molar-refractivity contribution in [3.8, 4) is 5.75 Å². The maximum atomic E-state index is 10.6. The van der Waals surface area contributed by atoms with Gasteiger partial charge in [0.2, 0.25) is 0 Å². The second kappa shape index (κ2) is 6.38. The van der Waals surface area contributed by atoms with E-state index >= 15 is 0 Å². The van der Waals surface area contributed by atoms with Gasteiger partial charge in [0.25, 0.3) is 5.91 Å². The van der Waals surface area contributed by atoms with Gasteiger partial charge in [0, 0.05) is 10.6 Å². The number of hydrogen-bond donors (Lipinski definition) is 2. The van der Waals surface area contributed by atoms with E-state index < -0.39 is 5.91 Å². The molecule has 1 aromatic carbocycles. The Labute approximate surface area is 121 Å². The summed E-state index contributed by atoms with van der Waals surface area (Å²) in [5.74, 6) is 0.141. The van der Waals surface area contributed by atoms with Gasteiger partial charge in [0.15, 0.2) is 6.61 Å². The molecule has 0 aliphatic rings. The van der Waals surface area contributed by atoms with Crippen LogP contribution in [0.5, 0.6) is 5.75 Å². The fraction of sp³-hybridized carbons (Fsp3) is 0.286. The molecule has 0 aliphatic heterocycles. The molecule has 20 heavy (non-hydrogen) atoms. The van der Waals surface area contributed by atoms with E-state index in [9.17, 15) is 4.79 Å². The molecule has 0 saturated carbocycles. The summed E-state index contributed by atoms with van der Waals surface area (Å²) in [5, 5.41) is 4.41. The summed E-state index contributed by atoms with van der Waals surface area (Å²) in [4.78, 5) is 16.2. The second-order valence-electron chi connectivity index (χ2n) is 4.37. The van der Waals surface area contributed by atoms with Crippen molar-refractivity contribution >= 4 is 22.9 Å². The average molecular weight is 291 g/mol. The summed E-state index contributed by atoms with van der Waals surface area (Å²) in [6.45, 7) is 4.66. The lowest BCUT2D eigenvalue weighted by Gasteiger charge is -2.07. The van der Waals surface area contributed by atoms with Crippen LogP contribution in [0.4, 0.5) is 5.69 Å². The van der Waals surface area contributed by atoms with Crippen LogP contribution in [0.3, 0.4) is 0 Å². The average Bonchev–Trinajstić information content (AvgIpc) is 2.73. The first-order valence-corrected chi connectivity index (χ1v) is 7.04. The minimum Gasteiger partial charge on any atom is -0.484 e. The van der Waals surface area contributed by atoms with Crippen molar-refractivity contribution in [1.82, 2.24) is 4.98 Å². The van der Waals surface area contributed by atoms with Gasteiger partial charge in [-0.05, 0) is 38.1 Å². The maximum absolute atomic E-state index is 10.6. The molecule has 0 saturated heterocycles. The van der Waals surface area contributed by atoms with Crippen molar-refractivity contribution in [3.63, 3.8) is 0 Å². The molecular weight excluding hydrogens is 274 g/mol. The van der Waals surface area contributed by atoms with Gasteiger partial charge in [0.1, 0.15) is 5.75 Å². The van der Waals surface area contributed by atoms with E-state index in [1.165, 1.54) is 4.88 Å². The van der Waals surface area contributed by atoms with Crippen molar-refractivity contribution in [1.29, 1.82) is 0 Å². The molecule has 0 radical (unpaired) electrons. The number of anilines is 1. The number of rotatable bonds is 6. The van der Waals surface area contributed by atoms with Crippen molar-refractivity contribution < 1.29 is 9.53 Å². The highest BCUT2D eigenvalue weighted by molar-refractivity contribution is 7.11. The van der Waals surface area contributed by atoms with Crippen molar-refractivity contribution in [3.05, 3.63) is 39.8 Å². The molecule has 5 nitrogen and oxygen atoms in total. The fourth-order valence-electron chi connectivity index (χ4n) is 1.74. The Morgan fingerprint density at radius 3 is 2.60 bits per heavy atom. The van der Waals surface area contributed by atoms with Crippen molar-refractivity contribution in [2.24, 2.45) is 5.73 Å². The molecule has 1 amide bonds. The molecule has 2 rings (SSSR count). The van der Waals surface area contributed by atoms with Crippen LogP contribution >= 0.6 is 11.3 Å². The number of aryl methyl sites for hydroxylation is 2. The molecule has 0 fully saturated rings. The number of primary amides is 1. The molecule has 0 bridgehead atoms. The van der Waals surface area contributed by atoms with E-state index in [1.807, 2.05) is 26.0 Å². The largest absolute Gasteiger partial charge is 0.484 e. The van der Waals surface area contributed by atoms with Gasteiger partial charge in [-0.2, -0.15) is 0 Å². The Kier molecular flexibility index (Phi) is 4.57. The third-order valence-corrected chi connectivity index (χ3v) is 3.76. The number of aromatic nitrogens is 1. The lowest BCUT2D eigenvalue weighted by Crippen LogP contribution is -2.19. The molecule has 0 aliphatic carbocycles. The molecule has 2 aromatic rings. The van der Waals surface area contributed by atoms with Crippen molar-refractivity contribution in [2.45, 2.75) is 20.4 Å². The summed E-state index contributed by atoms with van der Waals surface area (Å²) in [6.07, 6.45) is 0. The fourth-order valence-corrected chi connectivity index (χ4v) is 2.62. The van der Waals surface area contributed by atoms with Gasteiger partial charge in [-0.3, -0.25) is 4.79 Å². The standard InChI is InChI=1S/C14H17N3O2S/c1-9-13(20-10(2)17-9)7-16-11-3-5-12(6-4-11)19-8-14(15)18/h3-6,16H,7-8H2,1-2H3,(H2,15,18). The quantitative estimate of drug-likeness (QED) is 0.855. The molecule has 0 unspecified atom stereocenters. The molecule has 1 aromatic heterocycles. The topological polar surface area (TPSA) is 77.2 Å². The van der Waals surface area contributed by atoms with Crippen LogP contribution in [0, 0.1) is 13.8 Å². The third kappa shape index (κ3) is 3.96. The number of amides is 1. The number of hydrogen-bond acceptors (Lipinski definition) is 5. The van der Waals surface area contributed by atoms with Crippen LogP contribution < -0.4 is 15.8 Å². The number of nitrogens with zero attached hydrogens (tertiary/aromatic N) is 1. The number of carbonyl (C=O) groups is 1. The van der Waals surface area contributed by atoms with E-state index in [0.29, 0.717) is 5.75 Å².